The number of rotatable bonds is 5. The van der Waals surface area contributed by atoms with E-state index >= 15 is 0 Å². The maximum Gasteiger partial charge on any atom is 0.0622 e. The zero-order valence-corrected chi connectivity index (χ0v) is 13.2. The van der Waals surface area contributed by atoms with Crippen molar-refractivity contribution in [3.05, 3.63) is 63.9 Å². The molecule has 0 saturated heterocycles. The second kappa shape index (κ2) is 6.59. The summed E-state index contributed by atoms with van der Waals surface area (Å²) in [5, 5.41) is 4.34. The van der Waals surface area contributed by atoms with Gasteiger partial charge in [-0.1, -0.05) is 36.7 Å². The Morgan fingerprint density at radius 2 is 2.10 bits per heavy atom. The molecule has 2 nitrogen and oxygen atoms in total. The van der Waals surface area contributed by atoms with Crippen molar-refractivity contribution >= 4 is 11.6 Å². The van der Waals surface area contributed by atoms with E-state index in [1.54, 1.807) is 6.20 Å². The highest BCUT2D eigenvalue weighted by molar-refractivity contribution is 6.31. The number of hydrogen-bond donors (Lipinski definition) is 1. The van der Waals surface area contributed by atoms with E-state index in [9.17, 15) is 0 Å². The van der Waals surface area contributed by atoms with Crippen LogP contribution in [-0.2, 0) is 19.3 Å². The summed E-state index contributed by atoms with van der Waals surface area (Å²) in [5.74, 6) is 0. The number of halogens is 1. The van der Waals surface area contributed by atoms with Crippen molar-refractivity contribution in [2.45, 2.75) is 38.6 Å². The van der Waals surface area contributed by atoms with Gasteiger partial charge in [-0.2, -0.15) is 0 Å². The molecule has 1 N–H and O–H groups in total. The molecule has 1 heterocycles. The Bertz CT molecular complexity index is 624. The number of hydrogen-bond acceptors (Lipinski definition) is 2. The monoisotopic (exact) mass is 300 g/mol. The number of fused-ring (bicyclic) bond motifs is 1. The Hall–Kier alpha value is -1.38. The molecule has 3 rings (SSSR count). The first-order chi connectivity index (χ1) is 10.3. The van der Waals surface area contributed by atoms with E-state index in [-0.39, 0.29) is 0 Å². The number of nitrogens with one attached hydrogen (secondary N) is 1. The first kappa shape index (κ1) is 14.6. The van der Waals surface area contributed by atoms with Gasteiger partial charge in [0.25, 0.3) is 0 Å². The van der Waals surface area contributed by atoms with Gasteiger partial charge in [0.2, 0.25) is 0 Å². The highest BCUT2D eigenvalue weighted by atomic mass is 35.5. The van der Waals surface area contributed by atoms with Gasteiger partial charge >= 0.3 is 0 Å². The van der Waals surface area contributed by atoms with Crippen molar-refractivity contribution in [3.8, 4) is 0 Å². The van der Waals surface area contributed by atoms with Crippen LogP contribution < -0.4 is 5.32 Å². The highest BCUT2D eigenvalue weighted by Gasteiger charge is 2.17. The third-order valence-electron chi connectivity index (χ3n) is 4.26. The van der Waals surface area contributed by atoms with E-state index < -0.39 is 0 Å². The van der Waals surface area contributed by atoms with Crippen LogP contribution in [0.5, 0.6) is 0 Å². The molecule has 1 unspecified atom stereocenters. The summed E-state index contributed by atoms with van der Waals surface area (Å²) in [6.45, 7) is 3.10. The molecule has 3 heteroatoms. The summed E-state index contributed by atoms with van der Waals surface area (Å²) in [6, 6.07) is 9.27. The molecular formula is C18H21ClN2. The van der Waals surface area contributed by atoms with E-state index in [0.717, 1.165) is 23.6 Å². The fourth-order valence-corrected chi connectivity index (χ4v) is 3.35. The van der Waals surface area contributed by atoms with Gasteiger partial charge < -0.3 is 5.32 Å². The first-order valence-corrected chi connectivity index (χ1v) is 8.09. The lowest BCUT2D eigenvalue weighted by Crippen LogP contribution is -2.23. The predicted octanol–water partition coefficient (Wildman–Crippen LogP) is 4.12. The number of nitrogens with zero attached hydrogens (tertiary/aromatic N) is 1. The summed E-state index contributed by atoms with van der Waals surface area (Å²) in [7, 11) is 0. The van der Waals surface area contributed by atoms with Crippen LogP contribution in [0.15, 0.2) is 36.7 Å². The van der Waals surface area contributed by atoms with Crippen molar-refractivity contribution in [2.75, 3.05) is 6.54 Å². The summed E-state index contributed by atoms with van der Waals surface area (Å²) < 4.78 is 0. The van der Waals surface area contributed by atoms with Gasteiger partial charge in [0.1, 0.15) is 0 Å². The van der Waals surface area contributed by atoms with Crippen molar-refractivity contribution in [3.63, 3.8) is 0 Å². The minimum atomic E-state index is 0.306. The van der Waals surface area contributed by atoms with Crippen molar-refractivity contribution in [1.29, 1.82) is 0 Å². The number of benzene rings is 1. The average Bonchev–Trinajstić information content (AvgIpc) is 2.96. The molecule has 0 bridgehead atoms. The SMILES string of the molecule is CCNC(Cc1ccncc1Cl)c1ccc2c(c1)CCC2. The Morgan fingerprint density at radius 1 is 1.24 bits per heavy atom. The molecule has 1 aromatic heterocycles. The molecule has 0 fully saturated rings. The van der Waals surface area contributed by atoms with Gasteiger partial charge in [-0.15, -0.1) is 0 Å². The lowest BCUT2D eigenvalue weighted by atomic mass is 9.96. The standard InChI is InChI=1S/C18H21ClN2/c1-2-21-18(11-15-8-9-20-12-17(15)19)16-7-6-13-4-3-5-14(13)10-16/h6-10,12,18,21H,2-5,11H2,1H3. The maximum atomic E-state index is 6.26. The van der Waals surface area contributed by atoms with Crippen LogP contribution >= 0.6 is 11.6 Å². The Labute approximate surface area is 131 Å². The predicted molar refractivity (Wildman–Crippen MR) is 87.8 cm³/mol. The quantitative estimate of drug-likeness (QED) is 0.898. The molecule has 21 heavy (non-hydrogen) atoms. The molecule has 2 aromatic rings. The normalized spacial score (nSPS) is 15.0. The fraction of sp³-hybridized carbons (Fsp3) is 0.389. The van der Waals surface area contributed by atoms with Crippen LogP contribution in [0, 0.1) is 0 Å². The Balaban J connectivity index is 1.86. The van der Waals surface area contributed by atoms with Crippen LogP contribution in [0.3, 0.4) is 0 Å². The highest BCUT2D eigenvalue weighted by Crippen LogP contribution is 2.28. The van der Waals surface area contributed by atoms with E-state index in [4.69, 9.17) is 11.6 Å². The van der Waals surface area contributed by atoms with Crippen LogP contribution in [0.4, 0.5) is 0 Å². The largest absolute Gasteiger partial charge is 0.310 e. The summed E-state index contributed by atoms with van der Waals surface area (Å²) in [5.41, 5.74) is 5.57. The van der Waals surface area contributed by atoms with Gasteiger partial charge in [-0.3, -0.25) is 4.98 Å². The molecule has 1 aliphatic rings. The Morgan fingerprint density at radius 3 is 2.90 bits per heavy atom. The van der Waals surface area contributed by atoms with Gasteiger partial charge in [0.05, 0.1) is 5.02 Å². The van der Waals surface area contributed by atoms with E-state index in [1.165, 1.54) is 36.0 Å². The number of pyridine rings is 1. The number of aromatic nitrogens is 1. The second-order valence-corrected chi connectivity index (χ2v) is 6.07. The molecule has 1 atom stereocenters. The van der Waals surface area contributed by atoms with Gasteiger partial charge in [0.15, 0.2) is 0 Å². The molecule has 0 amide bonds. The molecule has 0 saturated carbocycles. The fourth-order valence-electron chi connectivity index (χ4n) is 3.15. The Kier molecular flexibility index (Phi) is 4.57. The summed E-state index contributed by atoms with van der Waals surface area (Å²) in [6.07, 6.45) is 8.18. The summed E-state index contributed by atoms with van der Waals surface area (Å²) >= 11 is 6.26. The van der Waals surface area contributed by atoms with E-state index in [0.29, 0.717) is 6.04 Å². The maximum absolute atomic E-state index is 6.26. The average molecular weight is 301 g/mol. The topological polar surface area (TPSA) is 24.9 Å². The van der Waals surface area contributed by atoms with Crippen LogP contribution in [0.25, 0.3) is 0 Å². The van der Waals surface area contributed by atoms with E-state index in [1.807, 2.05) is 12.3 Å². The molecule has 0 aliphatic heterocycles. The molecule has 0 radical (unpaired) electrons. The van der Waals surface area contributed by atoms with Crippen molar-refractivity contribution in [2.24, 2.45) is 0 Å². The van der Waals surface area contributed by atoms with Crippen LogP contribution in [0.1, 0.15) is 41.6 Å². The second-order valence-electron chi connectivity index (χ2n) is 5.66. The molecule has 1 aromatic carbocycles. The zero-order valence-electron chi connectivity index (χ0n) is 12.4. The van der Waals surface area contributed by atoms with Crippen LogP contribution in [0.2, 0.25) is 5.02 Å². The minimum absolute atomic E-state index is 0.306. The number of likely N-dealkylation sites (N-methyl/N-ethyl adjacent to an activating group) is 1. The van der Waals surface area contributed by atoms with Gasteiger partial charge in [0, 0.05) is 18.4 Å². The smallest absolute Gasteiger partial charge is 0.0622 e. The van der Waals surface area contributed by atoms with Gasteiger partial charge in [-0.05, 0) is 60.5 Å². The third kappa shape index (κ3) is 3.28. The number of aryl methyl sites for hydroxylation is 2. The third-order valence-corrected chi connectivity index (χ3v) is 4.60. The first-order valence-electron chi connectivity index (χ1n) is 7.71. The lowest BCUT2D eigenvalue weighted by molar-refractivity contribution is 0.549. The lowest BCUT2D eigenvalue weighted by Gasteiger charge is -2.20. The minimum Gasteiger partial charge on any atom is -0.310 e. The molecule has 0 spiro atoms. The molecule has 1 aliphatic carbocycles. The van der Waals surface area contributed by atoms with E-state index in [2.05, 4.69) is 35.4 Å². The van der Waals surface area contributed by atoms with Crippen molar-refractivity contribution < 1.29 is 0 Å². The van der Waals surface area contributed by atoms with Gasteiger partial charge in [-0.25, -0.2) is 0 Å². The molecule has 110 valence electrons. The van der Waals surface area contributed by atoms with Crippen molar-refractivity contribution in [1.82, 2.24) is 10.3 Å². The molecular weight excluding hydrogens is 280 g/mol. The van der Waals surface area contributed by atoms with Crippen LogP contribution in [-0.4, -0.2) is 11.5 Å². The summed E-state index contributed by atoms with van der Waals surface area (Å²) in [4.78, 5) is 4.07. The zero-order chi connectivity index (χ0) is 14.7.